The van der Waals surface area contributed by atoms with E-state index in [0.717, 1.165) is 22.2 Å². The molecule has 0 radical (unpaired) electrons. The van der Waals surface area contributed by atoms with Crippen molar-refractivity contribution in [3.8, 4) is 5.75 Å². The Morgan fingerprint density at radius 2 is 2.29 bits per heavy atom. The summed E-state index contributed by atoms with van der Waals surface area (Å²) in [5, 5.41) is 1.15. The largest absolute Gasteiger partial charge is 0.494 e. The van der Waals surface area contributed by atoms with Gasteiger partial charge in [-0.25, -0.2) is 0 Å². The van der Waals surface area contributed by atoms with Gasteiger partial charge in [-0.3, -0.25) is 0 Å². The molecule has 1 heterocycles. The van der Waals surface area contributed by atoms with Crippen LogP contribution in [0.4, 0.5) is 0 Å². The van der Waals surface area contributed by atoms with Crippen molar-refractivity contribution in [2.24, 2.45) is 5.73 Å². The van der Waals surface area contributed by atoms with Crippen LogP contribution in [0.2, 0.25) is 0 Å². The molecule has 0 amide bonds. The number of hydrogen-bond donors (Lipinski definition) is 2. The third kappa shape index (κ3) is 1.46. The number of H-pyrrole nitrogens is 1. The molecule has 2 aromatic rings. The van der Waals surface area contributed by atoms with Crippen LogP contribution in [-0.2, 0) is 6.54 Å². The number of nitrogens with two attached hydrogens (primary N) is 1. The molecular weight excluding hydrogens is 176 g/mol. The van der Waals surface area contributed by atoms with Crippen molar-refractivity contribution in [1.29, 1.82) is 0 Å². The fourth-order valence-electron chi connectivity index (χ4n) is 1.58. The highest BCUT2D eigenvalue weighted by Gasteiger charge is 2.02. The molecule has 0 aliphatic carbocycles. The first kappa shape index (κ1) is 9.09. The lowest BCUT2D eigenvalue weighted by molar-refractivity contribution is 0.340. The molecule has 0 saturated heterocycles. The van der Waals surface area contributed by atoms with Gasteiger partial charge in [0.2, 0.25) is 0 Å². The predicted octanol–water partition coefficient (Wildman–Crippen LogP) is 2.03. The number of hydrogen-bond acceptors (Lipinski definition) is 2. The number of aromatic nitrogens is 1. The number of benzene rings is 1. The molecule has 0 saturated carbocycles. The van der Waals surface area contributed by atoms with E-state index >= 15 is 0 Å². The molecular formula is C11H14N2O. The van der Waals surface area contributed by atoms with Gasteiger partial charge in [0, 0.05) is 23.6 Å². The van der Waals surface area contributed by atoms with E-state index in [1.54, 1.807) is 0 Å². The van der Waals surface area contributed by atoms with Crippen LogP contribution in [-0.4, -0.2) is 11.6 Å². The molecule has 0 fully saturated rings. The van der Waals surface area contributed by atoms with E-state index in [1.165, 1.54) is 0 Å². The van der Waals surface area contributed by atoms with E-state index in [1.807, 2.05) is 31.3 Å². The Morgan fingerprint density at radius 3 is 3.00 bits per heavy atom. The molecule has 0 spiro atoms. The Balaban J connectivity index is 2.50. The fraction of sp³-hybridized carbons (Fsp3) is 0.273. The molecule has 3 N–H and O–H groups in total. The van der Waals surface area contributed by atoms with Crippen LogP contribution in [0.5, 0.6) is 5.75 Å². The number of ether oxygens (including phenoxy) is 1. The van der Waals surface area contributed by atoms with Crippen LogP contribution in [0.15, 0.2) is 24.4 Å². The standard InChI is InChI=1S/C11H14N2O/c1-2-14-9-3-4-11-10(5-9)8(6-12)7-13-11/h3-5,7,13H,2,6,12H2,1H3. The molecule has 0 aliphatic rings. The lowest BCUT2D eigenvalue weighted by Gasteiger charge is -2.02. The van der Waals surface area contributed by atoms with Crippen LogP contribution < -0.4 is 10.5 Å². The van der Waals surface area contributed by atoms with Crippen molar-refractivity contribution in [1.82, 2.24) is 4.98 Å². The molecule has 0 atom stereocenters. The maximum absolute atomic E-state index is 5.62. The zero-order chi connectivity index (χ0) is 9.97. The first-order valence-corrected chi connectivity index (χ1v) is 4.78. The second-order valence-corrected chi connectivity index (χ2v) is 3.16. The van der Waals surface area contributed by atoms with Crippen LogP contribution in [0.25, 0.3) is 10.9 Å². The highest BCUT2D eigenvalue weighted by Crippen LogP contribution is 2.23. The van der Waals surface area contributed by atoms with E-state index in [0.29, 0.717) is 13.2 Å². The zero-order valence-electron chi connectivity index (χ0n) is 8.21. The lowest BCUT2D eigenvalue weighted by atomic mass is 10.1. The minimum atomic E-state index is 0.551. The minimum absolute atomic E-state index is 0.551. The van der Waals surface area contributed by atoms with Gasteiger partial charge in [0.05, 0.1) is 6.61 Å². The average molecular weight is 190 g/mol. The van der Waals surface area contributed by atoms with Crippen molar-refractivity contribution in [3.63, 3.8) is 0 Å². The SMILES string of the molecule is CCOc1ccc2[nH]cc(CN)c2c1. The second-order valence-electron chi connectivity index (χ2n) is 3.16. The quantitative estimate of drug-likeness (QED) is 0.778. The normalized spacial score (nSPS) is 10.7. The van der Waals surface area contributed by atoms with Crippen molar-refractivity contribution >= 4 is 10.9 Å². The summed E-state index contributed by atoms with van der Waals surface area (Å²) in [5.74, 6) is 0.898. The Bertz CT molecular complexity index is 434. The van der Waals surface area contributed by atoms with E-state index in [-0.39, 0.29) is 0 Å². The van der Waals surface area contributed by atoms with Crippen LogP contribution in [0.3, 0.4) is 0 Å². The number of aromatic amines is 1. The summed E-state index contributed by atoms with van der Waals surface area (Å²) in [4.78, 5) is 3.17. The Labute approximate surface area is 82.9 Å². The summed E-state index contributed by atoms with van der Waals surface area (Å²) in [7, 11) is 0. The number of nitrogens with one attached hydrogen (secondary N) is 1. The van der Waals surface area contributed by atoms with Gasteiger partial charge in [0.25, 0.3) is 0 Å². The third-order valence-corrected chi connectivity index (χ3v) is 2.27. The molecule has 2 rings (SSSR count). The summed E-state index contributed by atoms with van der Waals surface area (Å²) in [6.07, 6.45) is 1.94. The highest BCUT2D eigenvalue weighted by atomic mass is 16.5. The molecule has 0 unspecified atom stereocenters. The number of fused-ring (bicyclic) bond motifs is 1. The highest BCUT2D eigenvalue weighted by molar-refractivity contribution is 5.84. The van der Waals surface area contributed by atoms with Crippen LogP contribution >= 0.6 is 0 Å². The van der Waals surface area contributed by atoms with Crippen molar-refractivity contribution in [3.05, 3.63) is 30.0 Å². The molecule has 0 bridgehead atoms. The van der Waals surface area contributed by atoms with E-state index < -0.39 is 0 Å². The van der Waals surface area contributed by atoms with Gasteiger partial charge in [-0.2, -0.15) is 0 Å². The molecule has 14 heavy (non-hydrogen) atoms. The zero-order valence-corrected chi connectivity index (χ0v) is 8.21. The maximum Gasteiger partial charge on any atom is 0.120 e. The molecule has 0 aliphatic heterocycles. The van der Waals surface area contributed by atoms with Gasteiger partial charge in [-0.15, -0.1) is 0 Å². The summed E-state index contributed by atoms with van der Waals surface area (Å²) in [6, 6.07) is 6.00. The average Bonchev–Trinajstić information content (AvgIpc) is 2.60. The van der Waals surface area contributed by atoms with Gasteiger partial charge in [-0.05, 0) is 30.7 Å². The predicted molar refractivity (Wildman–Crippen MR) is 57.4 cm³/mol. The third-order valence-electron chi connectivity index (χ3n) is 2.27. The Morgan fingerprint density at radius 1 is 1.43 bits per heavy atom. The monoisotopic (exact) mass is 190 g/mol. The molecule has 3 nitrogen and oxygen atoms in total. The van der Waals surface area contributed by atoms with Gasteiger partial charge in [0.15, 0.2) is 0 Å². The first-order valence-electron chi connectivity index (χ1n) is 4.78. The van der Waals surface area contributed by atoms with Crippen LogP contribution in [0.1, 0.15) is 12.5 Å². The summed E-state index contributed by atoms with van der Waals surface area (Å²) < 4.78 is 5.43. The Kier molecular flexibility index (Phi) is 2.41. The van der Waals surface area contributed by atoms with Gasteiger partial charge < -0.3 is 15.5 Å². The van der Waals surface area contributed by atoms with Crippen LogP contribution in [0, 0.1) is 0 Å². The first-order chi connectivity index (χ1) is 6.85. The summed E-state index contributed by atoms with van der Waals surface area (Å²) in [6.45, 7) is 3.22. The maximum atomic E-state index is 5.62. The van der Waals surface area contributed by atoms with E-state index in [4.69, 9.17) is 10.5 Å². The van der Waals surface area contributed by atoms with Gasteiger partial charge in [0.1, 0.15) is 5.75 Å². The van der Waals surface area contributed by atoms with Crippen molar-refractivity contribution in [2.45, 2.75) is 13.5 Å². The minimum Gasteiger partial charge on any atom is -0.494 e. The van der Waals surface area contributed by atoms with E-state index in [2.05, 4.69) is 4.98 Å². The summed E-state index contributed by atoms with van der Waals surface area (Å²) >= 11 is 0. The molecule has 3 heteroatoms. The smallest absolute Gasteiger partial charge is 0.120 e. The molecule has 74 valence electrons. The van der Waals surface area contributed by atoms with Crippen molar-refractivity contribution < 1.29 is 4.74 Å². The van der Waals surface area contributed by atoms with Gasteiger partial charge in [-0.1, -0.05) is 0 Å². The van der Waals surface area contributed by atoms with Gasteiger partial charge >= 0.3 is 0 Å². The topological polar surface area (TPSA) is 51.0 Å². The number of rotatable bonds is 3. The molecule has 1 aromatic heterocycles. The lowest BCUT2D eigenvalue weighted by Crippen LogP contribution is -1.95. The van der Waals surface area contributed by atoms with Crippen molar-refractivity contribution in [2.75, 3.05) is 6.61 Å². The fourth-order valence-corrected chi connectivity index (χ4v) is 1.58. The molecule has 1 aromatic carbocycles. The van der Waals surface area contributed by atoms with E-state index in [9.17, 15) is 0 Å². The summed E-state index contributed by atoms with van der Waals surface area (Å²) in [5.41, 5.74) is 7.86. The Hall–Kier alpha value is -1.48. The second kappa shape index (κ2) is 3.72.